The second kappa shape index (κ2) is 11.8. The lowest BCUT2D eigenvalue weighted by molar-refractivity contribution is -0.888. The summed E-state index contributed by atoms with van der Waals surface area (Å²) < 4.78 is 22.3. The van der Waals surface area contributed by atoms with Crippen LogP contribution in [0.25, 0.3) is 21.9 Å². The van der Waals surface area contributed by atoms with Crippen molar-refractivity contribution >= 4 is 33.9 Å². The van der Waals surface area contributed by atoms with Crippen molar-refractivity contribution in [2.75, 3.05) is 34.0 Å². The molecule has 0 aliphatic heterocycles. The van der Waals surface area contributed by atoms with Gasteiger partial charge in [0, 0.05) is 0 Å². The van der Waals surface area contributed by atoms with E-state index in [-0.39, 0.29) is 54.6 Å². The number of carboxylic acid groups (broad SMARTS) is 2. The van der Waals surface area contributed by atoms with Crippen molar-refractivity contribution in [1.29, 1.82) is 0 Å². The van der Waals surface area contributed by atoms with Gasteiger partial charge in [0.2, 0.25) is 17.7 Å². The highest BCUT2D eigenvalue weighted by Crippen LogP contribution is 2.21. The standard InChI is InChI=1S/C27H26N2O10/c1-28(11-24(30)31)9-16-13-36-22-5-3-18(7-20(22)26(16)34)38-15-39-19-4-6-23-21(8-19)27(35)17(14-37-23)10-29(2)12-25(32)33/h3-8,13-14H,9-12,15H2,1-2H3,(H,30,31)(H,32,33). The Morgan fingerprint density at radius 2 is 1.15 bits per heavy atom. The number of aliphatic carboxylic acids is 2. The summed E-state index contributed by atoms with van der Waals surface area (Å²) in [6, 6.07) is 9.39. The molecule has 0 aliphatic carbocycles. The number of benzene rings is 2. The molecule has 12 heteroatoms. The van der Waals surface area contributed by atoms with Crippen LogP contribution in [-0.4, -0.2) is 45.9 Å². The second-order valence-electron chi connectivity index (χ2n) is 9.27. The summed E-state index contributed by atoms with van der Waals surface area (Å²) in [5.74, 6) is -1.76. The maximum Gasteiger partial charge on any atom is 0.230 e. The van der Waals surface area contributed by atoms with E-state index in [9.17, 15) is 29.4 Å². The van der Waals surface area contributed by atoms with Crippen molar-refractivity contribution in [3.05, 3.63) is 80.5 Å². The Morgan fingerprint density at radius 1 is 0.744 bits per heavy atom. The van der Waals surface area contributed by atoms with Crippen LogP contribution in [-0.2, 0) is 22.7 Å². The average Bonchev–Trinajstić information content (AvgIpc) is 2.87. The topological polar surface area (TPSA) is 168 Å². The molecule has 4 aromatic rings. The molecule has 0 bridgehead atoms. The number of likely N-dealkylation sites (N-methyl/N-ethyl adjacent to an activating group) is 2. The number of carbonyl (C=O) groups excluding carboxylic acids is 2. The predicted octanol–water partition coefficient (Wildman–Crippen LogP) is -3.16. The van der Waals surface area contributed by atoms with E-state index in [1.54, 1.807) is 38.4 Å². The van der Waals surface area contributed by atoms with Crippen molar-refractivity contribution in [2.45, 2.75) is 13.1 Å². The Bertz CT molecular complexity index is 1520. The van der Waals surface area contributed by atoms with E-state index < -0.39 is 11.9 Å². The van der Waals surface area contributed by atoms with Crippen LogP contribution in [0.2, 0.25) is 0 Å². The van der Waals surface area contributed by atoms with Crippen LogP contribution in [0.1, 0.15) is 11.1 Å². The summed E-state index contributed by atoms with van der Waals surface area (Å²) in [5.41, 5.74) is 0.722. The van der Waals surface area contributed by atoms with Crippen LogP contribution in [0, 0.1) is 0 Å². The Morgan fingerprint density at radius 3 is 1.54 bits per heavy atom. The lowest BCUT2D eigenvalue weighted by atomic mass is 10.1. The largest absolute Gasteiger partial charge is 0.544 e. The molecule has 2 aromatic carbocycles. The molecule has 0 saturated heterocycles. The van der Waals surface area contributed by atoms with Crippen LogP contribution in [0.3, 0.4) is 0 Å². The number of quaternary nitrogens is 2. The molecule has 12 nitrogen and oxygen atoms in total. The van der Waals surface area contributed by atoms with Gasteiger partial charge in [-0.1, -0.05) is 0 Å². The molecule has 0 spiro atoms. The van der Waals surface area contributed by atoms with E-state index in [0.717, 1.165) is 0 Å². The Labute approximate surface area is 221 Å². The highest BCUT2D eigenvalue weighted by Gasteiger charge is 2.14. The lowest BCUT2D eigenvalue weighted by Crippen LogP contribution is -3.09. The first-order valence-corrected chi connectivity index (χ1v) is 12.0. The third-order valence-electron chi connectivity index (χ3n) is 5.96. The van der Waals surface area contributed by atoms with Gasteiger partial charge in [0.05, 0.1) is 47.9 Å². The number of rotatable bonds is 12. The van der Waals surface area contributed by atoms with Crippen molar-refractivity contribution in [1.82, 2.24) is 0 Å². The summed E-state index contributed by atoms with van der Waals surface area (Å²) in [5, 5.41) is 22.2. The summed E-state index contributed by atoms with van der Waals surface area (Å²) in [7, 11) is 3.26. The van der Waals surface area contributed by atoms with Crippen LogP contribution in [0.15, 0.2) is 67.3 Å². The SMILES string of the molecule is C[NH+](CC(=O)[O-])Cc1coc2ccc(OCOc3ccc4occ(C[NH+](C)CC(=O)[O-])c(=O)c4c3)cc2c1=O. The van der Waals surface area contributed by atoms with Crippen molar-refractivity contribution in [2.24, 2.45) is 0 Å². The fraction of sp³-hybridized carbons (Fsp3) is 0.259. The molecule has 0 radical (unpaired) electrons. The average molecular weight is 539 g/mol. The number of hydrogen-bond donors (Lipinski definition) is 2. The van der Waals surface area contributed by atoms with Gasteiger partial charge >= 0.3 is 0 Å². The molecule has 0 fully saturated rings. The number of nitrogens with one attached hydrogen (secondary N) is 2. The van der Waals surface area contributed by atoms with Gasteiger partial charge in [0.1, 0.15) is 61.4 Å². The second-order valence-corrected chi connectivity index (χ2v) is 9.27. The Balaban J connectivity index is 1.46. The van der Waals surface area contributed by atoms with E-state index in [1.807, 2.05) is 0 Å². The van der Waals surface area contributed by atoms with Gasteiger partial charge in [-0.15, -0.1) is 0 Å². The number of hydrogen-bond acceptors (Lipinski definition) is 10. The predicted molar refractivity (Wildman–Crippen MR) is 132 cm³/mol. The molecule has 204 valence electrons. The number of ether oxygens (including phenoxy) is 2. The first-order valence-electron chi connectivity index (χ1n) is 12.0. The monoisotopic (exact) mass is 538 g/mol. The Hall–Kier alpha value is -4.68. The molecular formula is C27H26N2O10. The van der Waals surface area contributed by atoms with Crippen molar-refractivity contribution in [3.8, 4) is 11.5 Å². The van der Waals surface area contributed by atoms with E-state index >= 15 is 0 Å². The van der Waals surface area contributed by atoms with Gasteiger partial charge < -0.3 is 47.9 Å². The molecule has 0 aliphatic rings. The van der Waals surface area contributed by atoms with Gasteiger partial charge in [0.15, 0.2) is 0 Å². The van der Waals surface area contributed by atoms with Crippen molar-refractivity contribution in [3.63, 3.8) is 0 Å². The molecule has 2 unspecified atom stereocenters. The molecule has 2 N–H and O–H groups in total. The van der Waals surface area contributed by atoms with Crippen molar-refractivity contribution < 1.29 is 47.9 Å². The maximum absolute atomic E-state index is 12.9. The first kappa shape index (κ1) is 27.4. The molecule has 4 rings (SSSR count). The third kappa shape index (κ3) is 6.80. The quantitative estimate of drug-likeness (QED) is 0.176. The summed E-state index contributed by atoms with van der Waals surface area (Å²) in [4.78, 5) is 48.5. The van der Waals surface area contributed by atoms with Crippen LogP contribution < -0.4 is 40.3 Å². The van der Waals surface area contributed by atoms with Gasteiger partial charge in [-0.2, -0.15) is 0 Å². The van der Waals surface area contributed by atoms with Crippen LogP contribution in [0.4, 0.5) is 0 Å². The Kier molecular flexibility index (Phi) is 8.27. The fourth-order valence-corrected chi connectivity index (χ4v) is 4.16. The zero-order chi connectivity index (χ0) is 28.1. The summed E-state index contributed by atoms with van der Waals surface area (Å²) in [6.45, 7) is -0.448. The third-order valence-corrected chi connectivity index (χ3v) is 5.96. The molecule has 2 aromatic heterocycles. The molecular weight excluding hydrogens is 512 g/mol. The normalized spacial score (nSPS) is 12.8. The highest BCUT2D eigenvalue weighted by molar-refractivity contribution is 5.79. The van der Waals surface area contributed by atoms with E-state index in [4.69, 9.17) is 18.3 Å². The van der Waals surface area contributed by atoms with Gasteiger partial charge in [0.25, 0.3) is 0 Å². The molecule has 0 amide bonds. The molecule has 2 atom stereocenters. The van der Waals surface area contributed by atoms with Crippen LogP contribution >= 0.6 is 0 Å². The van der Waals surface area contributed by atoms with E-state index in [0.29, 0.717) is 43.6 Å². The zero-order valence-electron chi connectivity index (χ0n) is 21.2. The molecule has 2 heterocycles. The maximum atomic E-state index is 12.9. The smallest absolute Gasteiger partial charge is 0.230 e. The molecule has 0 saturated carbocycles. The van der Waals surface area contributed by atoms with Gasteiger partial charge in [-0.25, -0.2) is 0 Å². The van der Waals surface area contributed by atoms with E-state index in [2.05, 4.69) is 0 Å². The number of carboxylic acids is 2. The minimum Gasteiger partial charge on any atom is -0.544 e. The molecule has 39 heavy (non-hydrogen) atoms. The zero-order valence-corrected chi connectivity index (χ0v) is 21.2. The summed E-state index contributed by atoms with van der Waals surface area (Å²) in [6.07, 6.45) is 2.63. The highest BCUT2D eigenvalue weighted by atomic mass is 16.7. The summed E-state index contributed by atoms with van der Waals surface area (Å²) >= 11 is 0. The minimum atomic E-state index is -1.22. The minimum absolute atomic E-state index is 0.145. The number of fused-ring (bicyclic) bond motifs is 2. The lowest BCUT2D eigenvalue weighted by Gasteiger charge is -2.14. The van der Waals surface area contributed by atoms with Gasteiger partial charge in [-0.3, -0.25) is 9.59 Å². The van der Waals surface area contributed by atoms with Crippen LogP contribution in [0.5, 0.6) is 11.5 Å². The fourth-order valence-electron chi connectivity index (χ4n) is 4.16. The first-order chi connectivity index (χ1) is 18.6. The number of carbonyl (C=O) groups is 2. The van der Waals surface area contributed by atoms with E-state index in [1.165, 1.54) is 24.7 Å². The van der Waals surface area contributed by atoms with Gasteiger partial charge in [-0.05, 0) is 36.4 Å².